The molecule has 2 unspecified atom stereocenters. The van der Waals surface area contributed by atoms with Crippen molar-refractivity contribution in [2.75, 3.05) is 7.11 Å². The molecule has 1 aromatic rings. The molecule has 1 aromatic carbocycles. The van der Waals surface area contributed by atoms with Crippen LogP contribution in [0.5, 0.6) is 5.75 Å². The second-order valence-electron chi connectivity index (χ2n) is 4.34. The molecule has 0 amide bonds. The molecule has 1 saturated carbocycles. The van der Waals surface area contributed by atoms with E-state index in [4.69, 9.17) is 9.47 Å². The van der Waals surface area contributed by atoms with Gasteiger partial charge in [-0.1, -0.05) is 0 Å². The van der Waals surface area contributed by atoms with Crippen LogP contribution in [0.15, 0.2) is 22.7 Å². The highest BCUT2D eigenvalue weighted by atomic mass is 79.9. The normalized spacial score (nSPS) is 24.6. The average molecular weight is 303 g/mol. The molecular weight excluding hydrogens is 287 g/mol. The zero-order chi connectivity index (χ0) is 12.3. The van der Waals surface area contributed by atoms with E-state index >= 15 is 0 Å². The van der Waals surface area contributed by atoms with Gasteiger partial charge in [-0.05, 0) is 47.3 Å². The zero-order valence-electron chi connectivity index (χ0n) is 9.79. The van der Waals surface area contributed by atoms with E-state index in [-0.39, 0.29) is 18.0 Å². The average Bonchev–Trinajstić information content (AvgIpc) is 2.34. The molecule has 4 heteroatoms. The fraction of sp³-hybridized carbons (Fsp3) is 0.538. The van der Waals surface area contributed by atoms with Crippen molar-refractivity contribution in [3.8, 4) is 5.75 Å². The quantitative estimate of drug-likeness (QED) is 0.842. The molecule has 1 aliphatic carbocycles. The van der Waals surface area contributed by atoms with Gasteiger partial charge in [0.2, 0.25) is 0 Å². The lowest BCUT2D eigenvalue weighted by molar-refractivity contribution is 0.0209. The first kappa shape index (κ1) is 12.8. The van der Waals surface area contributed by atoms with Gasteiger partial charge in [0.25, 0.3) is 0 Å². The molecule has 0 bridgehead atoms. The highest BCUT2D eigenvalue weighted by Crippen LogP contribution is 2.27. The van der Waals surface area contributed by atoms with Crippen LogP contribution in [-0.2, 0) is 4.74 Å². The van der Waals surface area contributed by atoms with Crippen LogP contribution in [0.25, 0.3) is 0 Å². The molecule has 2 atom stereocenters. The fourth-order valence-corrected chi connectivity index (χ4v) is 2.41. The van der Waals surface area contributed by atoms with Gasteiger partial charge in [0, 0.05) is 19.6 Å². The second-order valence-corrected chi connectivity index (χ2v) is 5.19. The van der Waals surface area contributed by atoms with Gasteiger partial charge in [0.1, 0.15) is 17.7 Å². The molecule has 94 valence electrons. The lowest BCUT2D eigenvalue weighted by Gasteiger charge is -2.28. The SMILES string of the molecule is COC1CCCC(Oc2ccc(Br)c(F)c2)C1. The molecule has 0 radical (unpaired) electrons. The van der Waals surface area contributed by atoms with E-state index in [1.54, 1.807) is 19.2 Å². The van der Waals surface area contributed by atoms with Gasteiger partial charge in [0.05, 0.1) is 10.6 Å². The van der Waals surface area contributed by atoms with Crippen LogP contribution in [0.1, 0.15) is 25.7 Å². The summed E-state index contributed by atoms with van der Waals surface area (Å²) in [5, 5.41) is 0. The van der Waals surface area contributed by atoms with Gasteiger partial charge in [-0.15, -0.1) is 0 Å². The van der Waals surface area contributed by atoms with E-state index in [9.17, 15) is 4.39 Å². The lowest BCUT2D eigenvalue weighted by Crippen LogP contribution is -2.29. The number of ether oxygens (including phenoxy) is 2. The Labute approximate surface area is 109 Å². The summed E-state index contributed by atoms with van der Waals surface area (Å²) in [6, 6.07) is 4.87. The van der Waals surface area contributed by atoms with Gasteiger partial charge < -0.3 is 9.47 Å². The first-order chi connectivity index (χ1) is 8.19. The predicted octanol–water partition coefficient (Wildman–Crippen LogP) is 3.92. The van der Waals surface area contributed by atoms with Gasteiger partial charge in [-0.2, -0.15) is 0 Å². The Kier molecular flexibility index (Phi) is 4.40. The van der Waals surface area contributed by atoms with Gasteiger partial charge >= 0.3 is 0 Å². The summed E-state index contributed by atoms with van der Waals surface area (Å²) in [6.45, 7) is 0. The van der Waals surface area contributed by atoms with Crippen molar-refractivity contribution in [1.29, 1.82) is 0 Å². The van der Waals surface area contributed by atoms with E-state index in [0.717, 1.165) is 25.7 Å². The summed E-state index contributed by atoms with van der Waals surface area (Å²) in [5.74, 6) is 0.300. The Hall–Kier alpha value is -0.610. The topological polar surface area (TPSA) is 18.5 Å². The molecule has 1 aliphatic rings. The molecule has 2 nitrogen and oxygen atoms in total. The van der Waals surface area contributed by atoms with E-state index in [1.165, 1.54) is 6.07 Å². The predicted molar refractivity (Wildman–Crippen MR) is 67.8 cm³/mol. The maximum atomic E-state index is 13.3. The Morgan fingerprint density at radius 2 is 2.06 bits per heavy atom. The first-order valence-electron chi connectivity index (χ1n) is 5.83. The van der Waals surface area contributed by atoms with E-state index in [2.05, 4.69) is 15.9 Å². The minimum Gasteiger partial charge on any atom is -0.490 e. The smallest absolute Gasteiger partial charge is 0.141 e. The molecular formula is C13H16BrFO2. The summed E-state index contributed by atoms with van der Waals surface area (Å²) in [5.41, 5.74) is 0. The highest BCUT2D eigenvalue weighted by molar-refractivity contribution is 9.10. The van der Waals surface area contributed by atoms with Crippen molar-refractivity contribution in [1.82, 2.24) is 0 Å². The standard InChI is InChI=1S/C13H16BrFO2/c1-16-9-3-2-4-10(7-9)17-11-5-6-12(14)13(15)8-11/h5-6,8-10H,2-4,7H2,1H3. The van der Waals surface area contributed by atoms with Crippen LogP contribution in [0, 0.1) is 5.82 Å². The molecule has 2 rings (SSSR count). The zero-order valence-corrected chi connectivity index (χ0v) is 11.4. The third-order valence-corrected chi connectivity index (χ3v) is 3.75. The molecule has 0 aromatic heterocycles. The number of halogens is 2. The minimum atomic E-state index is -0.290. The van der Waals surface area contributed by atoms with Crippen LogP contribution >= 0.6 is 15.9 Å². The number of hydrogen-bond acceptors (Lipinski definition) is 2. The van der Waals surface area contributed by atoms with Crippen LogP contribution in [0.3, 0.4) is 0 Å². The van der Waals surface area contributed by atoms with Crippen molar-refractivity contribution >= 4 is 15.9 Å². The number of rotatable bonds is 3. The molecule has 0 heterocycles. The summed E-state index contributed by atoms with van der Waals surface area (Å²) in [6.07, 6.45) is 4.49. The Morgan fingerprint density at radius 3 is 2.76 bits per heavy atom. The molecule has 0 saturated heterocycles. The van der Waals surface area contributed by atoms with Crippen LogP contribution in [0.2, 0.25) is 0 Å². The number of benzene rings is 1. The van der Waals surface area contributed by atoms with E-state index in [0.29, 0.717) is 10.2 Å². The third kappa shape index (κ3) is 3.42. The van der Waals surface area contributed by atoms with Crippen molar-refractivity contribution in [2.45, 2.75) is 37.9 Å². The van der Waals surface area contributed by atoms with Gasteiger partial charge in [-0.3, -0.25) is 0 Å². The Bertz CT molecular complexity index is 384. The maximum absolute atomic E-state index is 13.3. The van der Waals surface area contributed by atoms with E-state index < -0.39 is 0 Å². The molecule has 0 N–H and O–H groups in total. The second kappa shape index (κ2) is 5.83. The molecule has 17 heavy (non-hydrogen) atoms. The van der Waals surface area contributed by atoms with Crippen molar-refractivity contribution < 1.29 is 13.9 Å². The minimum absolute atomic E-state index is 0.134. The highest BCUT2D eigenvalue weighted by Gasteiger charge is 2.23. The lowest BCUT2D eigenvalue weighted by atomic mass is 9.95. The molecule has 0 aliphatic heterocycles. The summed E-state index contributed by atoms with van der Waals surface area (Å²) >= 11 is 3.12. The largest absolute Gasteiger partial charge is 0.490 e. The molecule has 0 spiro atoms. The summed E-state index contributed by atoms with van der Waals surface area (Å²) in [4.78, 5) is 0. The third-order valence-electron chi connectivity index (χ3n) is 3.11. The number of hydrogen-bond donors (Lipinski definition) is 0. The van der Waals surface area contributed by atoms with Crippen molar-refractivity contribution in [3.05, 3.63) is 28.5 Å². The first-order valence-corrected chi connectivity index (χ1v) is 6.63. The van der Waals surface area contributed by atoms with Crippen molar-refractivity contribution in [2.24, 2.45) is 0 Å². The Balaban J connectivity index is 1.97. The Morgan fingerprint density at radius 1 is 1.29 bits per heavy atom. The van der Waals surface area contributed by atoms with Gasteiger partial charge in [0.15, 0.2) is 0 Å². The van der Waals surface area contributed by atoms with Crippen LogP contribution in [-0.4, -0.2) is 19.3 Å². The van der Waals surface area contributed by atoms with Gasteiger partial charge in [-0.25, -0.2) is 4.39 Å². The maximum Gasteiger partial charge on any atom is 0.141 e. The monoisotopic (exact) mass is 302 g/mol. The number of methoxy groups -OCH3 is 1. The fourth-order valence-electron chi connectivity index (χ4n) is 2.17. The molecule has 1 fully saturated rings. The van der Waals surface area contributed by atoms with Crippen LogP contribution < -0.4 is 4.74 Å². The van der Waals surface area contributed by atoms with Crippen molar-refractivity contribution in [3.63, 3.8) is 0 Å². The van der Waals surface area contributed by atoms with E-state index in [1.807, 2.05) is 0 Å². The van der Waals surface area contributed by atoms with Crippen LogP contribution in [0.4, 0.5) is 4.39 Å². The summed E-state index contributed by atoms with van der Waals surface area (Å²) in [7, 11) is 1.73. The summed E-state index contributed by atoms with van der Waals surface area (Å²) < 4.78 is 24.9.